The van der Waals surface area contributed by atoms with Crippen LogP contribution in [0.1, 0.15) is 55.8 Å². The highest BCUT2D eigenvalue weighted by Crippen LogP contribution is 2.33. The maximum Gasteiger partial charge on any atom is 0.0833 e. The van der Waals surface area contributed by atoms with Crippen LogP contribution >= 0.6 is 0 Å². The normalized spacial score (nSPS) is 20.4. The maximum atomic E-state index is 10.4. The minimum Gasteiger partial charge on any atom is -0.388 e. The molecule has 2 nitrogen and oxygen atoms in total. The third kappa shape index (κ3) is 2.82. The smallest absolute Gasteiger partial charge is 0.0833 e. The van der Waals surface area contributed by atoms with Gasteiger partial charge in [0.2, 0.25) is 0 Å². The molecule has 1 unspecified atom stereocenters. The first kappa shape index (κ1) is 11.6. The lowest BCUT2D eigenvalue weighted by Gasteiger charge is -2.21. The molecule has 1 atom stereocenters. The number of rotatable bonds is 2. The Bertz CT molecular complexity index is 329. The van der Waals surface area contributed by atoms with Crippen LogP contribution in [0.25, 0.3) is 0 Å². The average molecular weight is 219 g/mol. The van der Waals surface area contributed by atoms with E-state index in [0.29, 0.717) is 5.92 Å². The van der Waals surface area contributed by atoms with E-state index in [9.17, 15) is 5.11 Å². The second kappa shape index (κ2) is 5.44. The summed E-state index contributed by atoms with van der Waals surface area (Å²) in [4.78, 5) is 4.16. The molecular formula is C14H21NO. The Kier molecular flexibility index (Phi) is 3.94. The number of aliphatic hydroxyl groups is 1. The summed E-state index contributed by atoms with van der Waals surface area (Å²) in [5.41, 5.74) is 2.12. The average Bonchev–Trinajstić information content (AvgIpc) is 2.56. The zero-order valence-corrected chi connectivity index (χ0v) is 10.0. The summed E-state index contributed by atoms with van der Waals surface area (Å²) < 4.78 is 0. The summed E-state index contributed by atoms with van der Waals surface area (Å²) in [7, 11) is 0. The number of aromatic nitrogens is 1. The number of aryl methyl sites for hydroxylation is 1. The molecule has 2 rings (SSSR count). The quantitative estimate of drug-likeness (QED) is 0.773. The molecule has 1 heterocycles. The summed E-state index contributed by atoms with van der Waals surface area (Å²) in [6, 6.07) is 2.06. The molecule has 0 radical (unpaired) electrons. The van der Waals surface area contributed by atoms with Crippen LogP contribution in [0.15, 0.2) is 18.5 Å². The molecule has 16 heavy (non-hydrogen) atoms. The molecule has 0 saturated heterocycles. The van der Waals surface area contributed by atoms with Crippen molar-refractivity contribution in [1.82, 2.24) is 4.98 Å². The first-order valence-electron chi connectivity index (χ1n) is 6.37. The number of aliphatic hydroxyl groups excluding tert-OH is 1. The van der Waals surface area contributed by atoms with Crippen LogP contribution in [-0.2, 0) is 0 Å². The Morgan fingerprint density at radius 1 is 1.19 bits per heavy atom. The predicted molar refractivity (Wildman–Crippen MR) is 65.1 cm³/mol. The van der Waals surface area contributed by atoms with Crippen molar-refractivity contribution in [3.8, 4) is 0 Å². The maximum absolute atomic E-state index is 10.4. The summed E-state index contributed by atoms with van der Waals surface area (Å²) in [6.45, 7) is 2.02. The SMILES string of the molecule is Cc1cncc(C(O)C2CCCCCC2)c1. The van der Waals surface area contributed by atoms with Crippen LogP contribution in [0.4, 0.5) is 0 Å². The predicted octanol–water partition coefficient (Wildman–Crippen LogP) is 3.39. The number of pyridine rings is 1. The van der Waals surface area contributed by atoms with Gasteiger partial charge in [-0.25, -0.2) is 0 Å². The van der Waals surface area contributed by atoms with Crippen LogP contribution in [0.3, 0.4) is 0 Å². The molecule has 88 valence electrons. The van der Waals surface area contributed by atoms with E-state index in [1.165, 1.54) is 25.7 Å². The standard InChI is InChI=1S/C14H21NO/c1-11-8-13(10-15-9-11)14(16)12-6-4-2-3-5-7-12/h8-10,12,14,16H,2-7H2,1H3. The molecule has 1 aliphatic rings. The lowest BCUT2D eigenvalue weighted by Crippen LogP contribution is -2.12. The van der Waals surface area contributed by atoms with Gasteiger partial charge < -0.3 is 5.11 Å². The van der Waals surface area contributed by atoms with Gasteiger partial charge in [0.15, 0.2) is 0 Å². The highest BCUT2D eigenvalue weighted by Gasteiger charge is 2.22. The number of nitrogens with zero attached hydrogens (tertiary/aromatic N) is 1. The van der Waals surface area contributed by atoms with Gasteiger partial charge >= 0.3 is 0 Å². The van der Waals surface area contributed by atoms with E-state index in [1.54, 1.807) is 0 Å². The Morgan fingerprint density at radius 2 is 1.88 bits per heavy atom. The Labute approximate surface area is 97.7 Å². The monoisotopic (exact) mass is 219 g/mol. The lowest BCUT2D eigenvalue weighted by atomic mass is 9.90. The van der Waals surface area contributed by atoms with E-state index in [0.717, 1.165) is 24.0 Å². The second-order valence-electron chi connectivity index (χ2n) is 4.99. The Balaban J connectivity index is 2.07. The van der Waals surface area contributed by atoms with Crippen molar-refractivity contribution in [2.75, 3.05) is 0 Å². The van der Waals surface area contributed by atoms with E-state index in [-0.39, 0.29) is 6.10 Å². The summed E-state index contributed by atoms with van der Waals surface area (Å²) in [5, 5.41) is 10.4. The topological polar surface area (TPSA) is 33.1 Å². The molecule has 0 spiro atoms. The zero-order valence-electron chi connectivity index (χ0n) is 10.0. The third-order valence-corrected chi connectivity index (χ3v) is 3.58. The van der Waals surface area contributed by atoms with Crippen molar-refractivity contribution in [3.05, 3.63) is 29.6 Å². The molecule has 0 bridgehead atoms. The second-order valence-corrected chi connectivity index (χ2v) is 4.99. The van der Waals surface area contributed by atoms with E-state index in [2.05, 4.69) is 11.1 Å². The minimum absolute atomic E-state index is 0.314. The number of hydrogen-bond donors (Lipinski definition) is 1. The van der Waals surface area contributed by atoms with E-state index in [1.807, 2.05) is 19.3 Å². The first-order chi connectivity index (χ1) is 7.77. The van der Waals surface area contributed by atoms with E-state index >= 15 is 0 Å². The highest BCUT2D eigenvalue weighted by atomic mass is 16.3. The summed E-state index contributed by atoms with van der Waals surface area (Å²) >= 11 is 0. The van der Waals surface area contributed by atoms with Crippen molar-refractivity contribution >= 4 is 0 Å². The fourth-order valence-electron chi connectivity index (χ4n) is 2.64. The lowest BCUT2D eigenvalue weighted by molar-refractivity contribution is 0.0984. The highest BCUT2D eigenvalue weighted by molar-refractivity contribution is 5.19. The fourth-order valence-corrected chi connectivity index (χ4v) is 2.64. The van der Waals surface area contributed by atoms with Crippen LogP contribution in [0.5, 0.6) is 0 Å². The molecule has 1 aromatic heterocycles. The molecule has 0 aromatic carbocycles. The molecule has 1 fully saturated rings. The van der Waals surface area contributed by atoms with Crippen LogP contribution in [0.2, 0.25) is 0 Å². The van der Waals surface area contributed by atoms with Crippen LogP contribution < -0.4 is 0 Å². The van der Waals surface area contributed by atoms with Gasteiger partial charge in [-0.1, -0.05) is 31.7 Å². The molecule has 1 aromatic rings. The van der Waals surface area contributed by atoms with E-state index < -0.39 is 0 Å². The van der Waals surface area contributed by atoms with Gasteiger partial charge in [-0.3, -0.25) is 4.98 Å². The molecule has 1 saturated carbocycles. The van der Waals surface area contributed by atoms with Crippen molar-refractivity contribution in [3.63, 3.8) is 0 Å². The Morgan fingerprint density at radius 3 is 2.50 bits per heavy atom. The molecule has 0 amide bonds. The van der Waals surface area contributed by atoms with Crippen molar-refractivity contribution in [2.24, 2.45) is 5.92 Å². The summed E-state index contributed by atoms with van der Waals surface area (Å²) in [6.07, 6.45) is 10.8. The van der Waals surface area contributed by atoms with Gasteiger partial charge in [-0.05, 0) is 36.8 Å². The minimum atomic E-state index is -0.314. The van der Waals surface area contributed by atoms with Gasteiger partial charge in [0.05, 0.1) is 6.10 Å². The van der Waals surface area contributed by atoms with Gasteiger partial charge in [-0.15, -0.1) is 0 Å². The molecule has 0 aliphatic heterocycles. The molecular weight excluding hydrogens is 198 g/mol. The zero-order chi connectivity index (χ0) is 11.4. The van der Waals surface area contributed by atoms with Gasteiger partial charge in [0, 0.05) is 12.4 Å². The van der Waals surface area contributed by atoms with Crippen molar-refractivity contribution in [1.29, 1.82) is 0 Å². The van der Waals surface area contributed by atoms with Gasteiger partial charge in [0.25, 0.3) is 0 Å². The Hall–Kier alpha value is -0.890. The first-order valence-corrected chi connectivity index (χ1v) is 6.37. The van der Waals surface area contributed by atoms with Crippen molar-refractivity contribution in [2.45, 2.75) is 51.6 Å². The van der Waals surface area contributed by atoms with Gasteiger partial charge in [0.1, 0.15) is 0 Å². The molecule has 1 N–H and O–H groups in total. The number of hydrogen-bond acceptors (Lipinski definition) is 2. The van der Waals surface area contributed by atoms with Crippen LogP contribution in [0, 0.1) is 12.8 Å². The molecule has 2 heteroatoms. The van der Waals surface area contributed by atoms with Crippen molar-refractivity contribution < 1.29 is 5.11 Å². The fraction of sp³-hybridized carbons (Fsp3) is 0.643. The largest absolute Gasteiger partial charge is 0.388 e. The summed E-state index contributed by atoms with van der Waals surface area (Å²) in [5.74, 6) is 0.436. The third-order valence-electron chi connectivity index (χ3n) is 3.58. The van der Waals surface area contributed by atoms with Gasteiger partial charge in [-0.2, -0.15) is 0 Å². The van der Waals surface area contributed by atoms with Crippen LogP contribution in [-0.4, -0.2) is 10.1 Å². The molecule has 1 aliphatic carbocycles. The van der Waals surface area contributed by atoms with E-state index in [4.69, 9.17) is 0 Å².